The highest BCUT2D eigenvalue weighted by molar-refractivity contribution is 6.31. The van der Waals surface area contributed by atoms with Gasteiger partial charge in [-0.15, -0.1) is 0 Å². The zero-order chi connectivity index (χ0) is 43.5. The van der Waals surface area contributed by atoms with E-state index in [0.717, 1.165) is 0 Å². The van der Waals surface area contributed by atoms with Crippen LogP contribution in [-0.4, -0.2) is 56.0 Å². The Morgan fingerprint density at radius 2 is 1.28 bits per heavy atom. The van der Waals surface area contributed by atoms with Gasteiger partial charge < -0.3 is 19.4 Å². The second kappa shape index (κ2) is 17.9. The third kappa shape index (κ3) is 9.06. The number of carbonyl (C=O) groups excluding carboxylic acids is 1. The van der Waals surface area contributed by atoms with Crippen molar-refractivity contribution in [3.05, 3.63) is 178 Å². The number of rotatable bonds is 10. The fourth-order valence-corrected chi connectivity index (χ4v) is 7.86. The molecule has 8 aromatic rings. The minimum atomic E-state index is -5.00. The number of Topliss-reactive ketones (excluding diaryl/α,β-unsaturated/α-hetero) is 1. The maximum Gasteiger partial charge on any atom is 0.450 e. The lowest BCUT2D eigenvalue weighted by molar-refractivity contribution is -0.207. The van der Waals surface area contributed by atoms with Crippen LogP contribution in [0.1, 0.15) is 34.1 Å². The second-order valence-electron chi connectivity index (χ2n) is 13.9. The van der Waals surface area contributed by atoms with Gasteiger partial charge in [-0.2, -0.15) is 26.3 Å². The van der Waals surface area contributed by atoms with E-state index in [1.54, 1.807) is 138 Å². The molecule has 0 aliphatic carbocycles. The SMILES string of the molecule is COCn1c(-c2ccccn2)c(C(c2ccccc2)C(O)C(F)(F)F)c2ccc(Cl)cc21.O=C(C(c1ccccc1)c1c(-c2ccccn2)[nH]c2cc(Cl)ccc12)C(F)(F)F. The maximum absolute atomic E-state index is 13.9. The quantitative estimate of drug-likeness (QED) is 0.134. The monoisotopic (exact) mass is 874 g/mol. The molecule has 0 fully saturated rings. The number of fused-ring (bicyclic) bond motifs is 2. The predicted octanol–water partition coefficient (Wildman–Crippen LogP) is 12.2. The lowest BCUT2D eigenvalue weighted by atomic mass is 9.84. The van der Waals surface area contributed by atoms with Crippen LogP contribution in [0.5, 0.6) is 0 Å². The Kier molecular flexibility index (Phi) is 12.7. The Bertz CT molecular complexity index is 2760. The van der Waals surface area contributed by atoms with Crippen molar-refractivity contribution in [1.82, 2.24) is 19.5 Å². The van der Waals surface area contributed by atoms with Crippen molar-refractivity contribution in [2.24, 2.45) is 0 Å². The summed E-state index contributed by atoms with van der Waals surface area (Å²) in [5, 5.41) is 12.4. The van der Waals surface area contributed by atoms with E-state index >= 15 is 0 Å². The van der Waals surface area contributed by atoms with Gasteiger partial charge in [0.15, 0.2) is 6.10 Å². The van der Waals surface area contributed by atoms with Crippen LogP contribution in [-0.2, 0) is 16.3 Å². The number of alkyl halides is 6. The van der Waals surface area contributed by atoms with Crippen LogP contribution in [0, 0.1) is 0 Å². The average Bonchev–Trinajstić information content (AvgIpc) is 3.77. The van der Waals surface area contributed by atoms with Gasteiger partial charge in [0, 0.05) is 57.3 Å². The lowest BCUT2D eigenvalue weighted by Crippen LogP contribution is -2.35. The van der Waals surface area contributed by atoms with Crippen LogP contribution >= 0.6 is 23.2 Å². The summed E-state index contributed by atoms with van der Waals surface area (Å²) in [6, 6.07) is 36.2. The minimum absolute atomic E-state index is 0.0619. The molecule has 0 saturated carbocycles. The molecular weight excluding hydrogens is 841 g/mol. The third-order valence-electron chi connectivity index (χ3n) is 10.0. The molecule has 61 heavy (non-hydrogen) atoms. The highest BCUT2D eigenvalue weighted by Crippen LogP contribution is 2.46. The van der Waals surface area contributed by atoms with E-state index in [1.165, 1.54) is 19.2 Å². The Balaban J connectivity index is 0.000000185. The number of ether oxygens (including phenoxy) is 1. The number of benzene rings is 4. The molecule has 7 nitrogen and oxygen atoms in total. The number of H-pyrrole nitrogens is 1. The molecule has 0 aliphatic rings. The van der Waals surface area contributed by atoms with Crippen LogP contribution < -0.4 is 0 Å². The summed E-state index contributed by atoms with van der Waals surface area (Å²) >= 11 is 12.3. The van der Waals surface area contributed by atoms with E-state index in [1.807, 2.05) is 0 Å². The molecule has 4 aromatic heterocycles. The van der Waals surface area contributed by atoms with Crippen LogP contribution in [0.3, 0.4) is 0 Å². The summed E-state index contributed by atoms with van der Waals surface area (Å²) in [5.41, 5.74) is 3.93. The van der Waals surface area contributed by atoms with Crippen molar-refractivity contribution in [3.8, 4) is 22.8 Å². The van der Waals surface area contributed by atoms with Crippen molar-refractivity contribution in [1.29, 1.82) is 0 Å². The fourth-order valence-electron chi connectivity index (χ4n) is 7.52. The molecule has 0 radical (unpaired) electrons. The fraction of sp³-hybridized carbons (Fsp3) is 0.152. The number of aromatic nitrogens is 4. The highest BCUT2D eigenvalue weighted by atomic mass is 35.5. The van der Waals surface area contributed by atoms with E-state index < -0.39 is 36.1 Å². The number of halogens is 8. The number of hydrogen-bond donors (Lipinski definition) is 2. The van der Waals surface area contributed by atoms with Gasteiger partial charge in [-0.05, 0) is 65.2 Å². The number of nitrogens with zero attached hydrogens (tertiary/aromatic N) is 3. The molecule has 312 valence electrons. The van der Waals surface area contributed by atoms with Crippen LogP contribution in [0.2, 0.25) is 10.0 Å². The highest BCUT2D eigenvalue weighted by Gasteiger charge is 2.47. The molecule has 0 saturated heterocycles. The number of nitrogens with one attached hydrogen (secondary N) is 1. The summed E-state index contributed by atoms with van der Waals surface area (Å²) in [7, 11) is 1.50. The number of methoxy groups -OCH3 is 1. The molecular formula is C46H34Cl2F6N4O3. The van der Waals surface area contributed by atoms with Crippen LogP contribution in [0.4, 0.5) is 26.3 Å². The van der Waals surface area contributed by atoms with Gasteiger partial charge in [-0.1, -0.05) is 108 Å². The van der Waals surface area contributed by atoms with Crippen molar-refractivity contribution >= 4 is 50.8 Å². The third-order valence-corrected chi connectivity index (χ3v) is 10.5. The number of aromatic amines is 1. The molecule has 3 atom stereocenters. The molecule has 0 aliphatic heterocycles. The van der Waals surface area contributed by atoms with Gasteiger partial charge in [0.05, 0.1) is 34.2 Å². The smallest absolute Gasteiger partial charge is 0.383 e. The van der Waals surface area contributed by atoms with Crippen LogP contribution in [0.25, 0.3) is 44.6 Å². The normalized spacial score (nSPS) is 13.4. The van der Waals surface area contributed by atoms with E-state index in [9.17, 15) is 36.2 Å². The van der Waals surface area contributed by atoms with Gasteiger partial charge in [0.2, 0.25) is 5.78 Å². The molecule has 0 bridgehead atoms. The number of aliphatic hydroxyl groups excluding tert-OH is 1. The van der Waals surface area contributed by atoms with Gasteiger partial charge in [-0.3, -0.25) is 14.8 Å². The zero-order valence-corrected chi connectivity index (χ0v) is 33.4. The number of pyridine rings is 2. The average molecular weight is 876 g/mol. The van der Waals surface area contributed by atoms with Gasteiger partial charge in [-0.25, -0.2) is 0 Å². The van der Waals surface area contributed by atoms with Crippen molar-refractivity contribution in [2.45, 2.75) is 37.0 Å². The van der Waals surface area contributed by atoms with E-state index in [-0.39, 0.29) is 17.9 Å². The summed E-state index contributed by atoms with van der Waals surface area (Å²) < 4.78 is 89.6. The summed E-state index contributed by atoms with van der Waals surface area (Å²) in [6.45, 7) is 0.0619. The van der Waals surface area contributed by atoms with Gasteiger partial charge in [0.25, 0.3) is 0 Å². The first-order valence-corrected chi connectivity index (χ1v) is 19.3. The summed E-state index contributed by atoms with van der Waals surface area (Å²) in [4.78, 5) is 24.3. The number of carbonyl (C=O) groups is 1. The largest absolute Gasteiger partial charge is 0.450 e. The van der Waals surface area contributed by atoms with E-state index in [4.69, 9.17) is 27.9 Å². The standard InChI is InChI=1S/C24H20ClF3N2O2.C22H14ClF3N2O/c1-32-14-30-19-13-16(25)10-11-17(19)21(22(30)18-9-5-6-12-29-18)20(23(31)24(26,27)28)15-7-3-2-4-8-15;23-14-9-10-15-17(12-14)28-20(16-8-4-5-11-27-16)19(15)18(21(29)22(24,25)26)13-6-2-1-3-7-13/h2-13,20,23,31H,14H2,1H3;1-12,18,28H. The Labute approximate surface area is 355 Å². The predicted molar refractivity (Wildman–Crippen MR) is 223 cm³/mol. The Morgan fingerprint density at radius 3 is 1.84 bits per heavy atom. The topological polar surface area (TPSA) is 93.0 Å². The minimum Gasteiger partial charge on any atom is -0.383 e. The number of ketones is 1. The lowest BCUT2D eigenvalue weighted by Gasteiger charge is -2.27. The molecule has 4 aromatic carbocycles. The van der Waals surface area contributed by atoms with Crippen molar-refractivity contribution in [3.63, 3.8) is 0 Å². The van der Waals surface area contributed by atoms with E-state index in [2.05, 4.69) is 15.0 Å². The second-order valence-corrected chi connectivity index (χ2v) is 14.8. The van der Waals surface area contributed by atoms with Crippen LogP contribution in [0.15, 0.2) is 146 Å². The number of aliphatic hydroxyl groups is 1. The first kappa shape index (κ1) is 43.1. The molecule has 3 unspecified atom stereocenters. The van der Waals surface area contributed by atoms with Gasteiger partial charge in [0.1, 0.15) is 6.73 Å². The Hall–Kier alpha value is -5.99. The summed E-state index contributed by atoms with van der Waals surface area (Å²) in [6.07, 6.45) is -9.37. The zero-order valence-electron chi connectivity index (χ0n) is 31.9. The molecule has 2 N–H and O–H groups in total. The number of hydrogen-bond acceptors (Lipinski definition) is 5. The molecule has 0 spiro atoms. The van der Waals surface area contributed by atoms with E-state index in [0.29, 0.717) is 65.8 Å². The molecule has 4 heterocycles. The molecule has 8 rings (SSSR count). The molecule has 15 heteroatoms. The Morgan fingerprint density at radius 1 is 0.721 bits per heavy atom. The molecule has 0 amide bonds. The van der Waals surface area contributed by atoms with Crippen molar-refractivity contribution in [2.75, 3.05) is 7.11 Å². The van der Waals surface area contributed by atoms with Crippen molar-refractivity contribution < 1.29 is 41.0 Å². The maximum atomic E-state index is 13.9. The van der Waals surface area contributed by atoms with Gasteiger partial charge >= 0.3 is 12.4 Å². The summed E-state index contributed by atoms with van der Waals surface area (Å²) in [5.74, 6) is -4.77. The first-order chi connectivity index (χ1) is 29.2. The first-order valence-electron chi connectivity index (χ1n) is 18.6.